The van der Waals surface area contributed by atoms with Crippen molar-refractivity contribution in [2.45, 2.75) is 32.0 Å². The Labute approximate surface area is 169 Å². The molecular formula is C22H24N2O5. The van der Waals surface area contributed by atoms with Gasteiger partial charge in [0, 0.05) is 17.7 Å². The van der Waals surface area contributed by atoms with Crippen molar-refractivity contribution >= 4 is 17.5 Å². The Bertz CT molecular complexity index is 930. The molecule has 0 aliphatic carbocycles. The van der Waals surface area contributed by atoms with Gasteiger partial charge in [0.05, 0.1) is 25.9 Å². The standard InChI is InChI=1S/C22H24N2O5/c1-13(2)23-21(25)18-19(16-11-10-15(27-3)12-17(16)28-4)24(29-20(18)22(23)26)14-8-6-5-7-9-14/h5-13,18-20H,1-4H3/t18-,19-,20+/m1/s1. The molecule has 2 heterocycles. The number of fused-ring (bicyclic) bond motifs is 1. The molecule has 2 aliphatic heterocycles. The normalized spacial score (nSPS) is 23.7. The van der Waals surface area contributed by atoms with Crippen LogP contribution in [0.5, 0.6) is 11.5 Å². The second-order valence-corrected chi connectivity index (χ2v) is 7.41. The van der Waals surface area contributed by atoms with E-state index in [2.05, 4.69) is 0 Å². The number of amides is 2. The third-order valence-electron chi connectivity index (χ3n) is 5.44. The van der Waals surface area contributed by atoms with Gasteiger partial charge in [0.25, 0.3) is 5.91 Å². The zero-order valence-electron chi connectivity index (χ0n) is 16.9. The van der Waals surface area contributed by atoms with Gasteiger partial charge in [-0.05, 0) is 38.1 Å². The molecule has 2 aliphatic rings. The van der Waals surface area contributed by atoms with Crippen molar-refractivity contribution in [1.29, 1.82) is 0 Å². The molecule has 7 heteroatoms. The van der Waals surface area contributed by atoms with E-state index in [1.54, 1.807) is 25.3 Å². The van der Waals surface area contributed by atoms with Crippen LogP contribution in [0.15, 0.2) is 48.5 Å². The summed E-state index contributed by atoms with van der Waals surface area (Å²) >= 11 is 0. The molecule has 2 amide bonds. The summed E-state index contributed by atoms with van der Waals surface area (Å²) in [5.74, 6) is 0.0300. The van der Waals surface area contributed by atoms with Crippen LogP contribution in [0.3, 0.4) is 0 Å². The fourth-order valence-electron chi connectivity index (χ4n) is 4.12. The third kappa shape index (κ3) is 3.02. The van der Waals surface area contributed by atoms with Crippen molar-refractivity contribution in [2.24, 2.45) is 5.92 Å². The summed E-state index contributed by atoms with van der Waals surface area (Å²) in [4.78, 5) is 33.6. The number of rotatable bonds is 5. The minimum absolute atomic E-state index is 0.226. The average Bonchev–Trinajstić information content (AvgIpc) is 3.24. The van der Waals surface area contributed by atoms with Crippen LogP contribution in [-0.2, 0) is 14.4 Å². The average molecular weight is 396 g/mol. The lowest BCUT2D eigenvalue weighted by Gasteiger charge is -2.30. The molecule has 2 saturated heterocycles. The minimum Gasteiger partial charge on any atom is -0.497 e. The molecule has 2 aromatic carbocycles. The van der Waals surface area contributed by atoms with Gasteiger partial charge in [-0.25, -0.2) is 5.06 Å². The van der Waals surface area contributed by atoms with Gasteiger partial charge >= 0.3 is 0 Å². The van der Waals surface area contributed by atoms with Gasteiger partial charge in [0.1, 0.15) is 17.4 Å². The Hall–Kier alpha value is -3.06. The number of carbonyl (C=O) groups is 2. The summed E-state index contributed by atoms with van der Waals surface area (Å²) in [5, 5.41) is 1.66. The molecular weight excluding hydrogens is 372 g/mol. The Kier molecular flexibility index (Phi) is 4.92. The first kappa shape index (κ1) is 19.3. The zero-order chi connectivity index (χ0) is 20.7. The molecule has 0 spiro atoms. The lowest BCUT2D eigenvalue weighted by atomic mass is 9.90. The first-order chi connectivity index (χ1) is 14.0. The number of benzene rings is 2. The van der Waals surface area contributed by atoms with E-state index in [4.69, 9.17) is 14.3 Å². The van der Waals surface area contributed by atoms with Crippen LogP contribution in [0.1, 0.15) is 25.5 Å². The third-order valence-corrected chi connectivity index (χ3v) is 5.44. The molecule has 7 nitrogen and oxygen atoms in total. The molecule has 4 rings (SSSR count). The smallest absolute Gasteiger partial charge is 0.262 e. The van der Waals surface area contributed by atoms with Gasteiger partial charge in [-0.3, -0.25) is 19.3 Å². The molecule has 0 radical (unpaired) electrons. The highest BCUT2D eigenvalue weighted by Crippen LogP contribution is 2.49. The number of carbonyl (C=O) groups excluding carboxylic acids is 2. The number of anilines is 1. The van der Waals surface area contributed by atoms with Gasteiger partial charge in [0.15, 0.2) is 6.10 Å². The second kappa shape index (κ2) is 7.40. The molecule has 0 N–H and O–H groups in total. The first-order valence-electron chi connectivity index (χ1n) is 9.57. The van der Waals surface area contributed by atoms with Gasteiger partial charge in [0.2, 0.25) is 5.91 Å². The molecule has 2 aromatic rings. The van der Waals surface area contributed by atoms with Crippen LogP contribution < -0.4 is 14.5 Å². The minimum atomic E-state index is -0.859. The van der Waals surface area contributed by atoms with Crippen molar-refractivity contribution in [1.82, 2.24) is 4.90 Å². The predicted octanol–water partition coefficient (Wildman–Crippen LogP) is 2.96. The van der Waals surface area contributed by atoms with Crippen LogP contribution in [0, 0.1) is 5.92 Å². The van der Waals surface area contributed by atoms with Crippen molar-refractivity contribution in [3.63, 3.8) is 0 Å². The van der Waals surface area contributed by atoms with Crippen molar-refractivity contribution < 1.29 is 23.9 Å². The van der Waals surface area contributed by atoms with Gasteiger partial charge in [-0.2, -0.15) is 0 Å². The topological polar surface area (TPSA) is 68.3 Å². The predicted molar refractivity (Wildman–Crippen MR) is 107 cm³/mol. The van der Waals surface area contributed by atoms with Crippen molar-refractivity contribution in [3.05, 3.63) is 54.1 Å². The highest BCUT2D eigenvalue weighted by Gasteiger charge is 2.60. The summed E-state index contributed by atoms with van der Waals surface area (Å²) in [6, 6.07) is 14.2. The monoisotopic (exact) mass is 396 g/mol. The van der Waals surface area contributed by atoms with Gasteiger partial charge in [-0.15, -0.1) is 0 Å². The zero-order valence-corrected chi connectivity index (χ0v) is 16.9. The molecule has 3 atom stereocenters. The number of nitrogens with zero attached hydrogens (tertiary/aromatic N) is 2. The highest BCUT2D eigenvalue weighted by molar-refractivity contribution is 6.08. The molecule has 152 valence electrons. The van der Waals surface area contributed by atoms with Crippen LogP contribution in [0.4, 0.5) is 5.69 Å². The van der Waals surface area contributed by atoms with E-state index < -0.39 is 18.1 Å². The summed E-state index contributed by atoms with van der Waals surface area (Å²) in [5.41, 5.74) is 1.53. The lowest BCUT2D eigenvalue weighted by Crippen LogP contribution is -2.41. The maximum atomic E-state index is 13.3. The number of hydroxylamine groups is 1. The summed E-state index contributed by atoms with van der Waals surface area (Å²) < 4.78 is 10.9. The van der Waals surface area contributed by atoms with E-state index >= 15 is 0 Å². The Balaban J connectivity index is 1.84. The Morgan fingerprint density at radius 3 is 2.31 bits per heavy atom. The SMILES string of the molecule is COc1ccc([C@@H]2[C@H]3C(=O)N(C(C)C)C(=O)[C@H]3ON2c2ccccc2)c(OC)c1. The number of hydrogen-bond acceptors (Lipinski definition) is 6. The number of hydrogen-bond donors (Lipinski definition) is 0. The Morgan fingerprint density at radius 2 is 1.69 bits per heavy atom. The van der Waals surface area contributed by atoms with Crippen LogP contribution in [0.25, 0.3) is 0 Å². The Morgan fingerprint density at radius 1 is 0.966 bits per heavy atom. The van der Waals surface area contributed by atoms with Crippen molar-refractivity contribution in [3.8, 4) is 11.5 Å². The van der Waals surface area contributed by atoms with Gasteiger partial charge < -0.3 is 9.47 Å². The number of methoxy groups -OCH3 is 2. The van der Waals surface area contributed by atoms with E-state index in [9.17, 15) is 9.59 Å². The number of likely N-dealkylation sites (tertiary alicyclic amines) is 1. The molecule has 2 fully saturated rings. The molecule has 0 unspecified atom stereocenters. The summed E-state index contributed by atoms with van der Waals surface area (Å²) in [6.45, 7) is 3.66. The van der Waals surface area contributed by atoms with Crippen LogP contribution in [0.2, 0.25) is 0 Å². The maximum absolute atomic E-state index is 13.3. The van der Waals surface area contributed by atoms with Crippen LogP contribution in [-0.4, -0.2) is 43.1 Å². The lowest BCUT2D eigenvalue weighted by molar-refractivity contribution is -0.145. The second-order valence-electron chi connectivity index (χ2n) is 7.41. The maximum Gasteiger partial charge on any atom is 0.262 e. The fourth-order valence-corrected chi connectivity index (χ4v) is 4.12. The van der Waals surface area contributed by atoms with E-state index in [1.807, 2.05) is 56.3 Å². The molecule has 0 bridgehead atoms. The number of imide groups is 1. The quantitative estimate of drug-likeness (QED) is 0.724. The molecule has 0 saturated carbocycles. The largest absolute Gasteiger partial charge is 0.497 e. The van der Waals surface area contributed by atoms with E-state index in [0.717, 1.165) is 11.3 Å². The molecule has 0 aromatic heterocycles. The van der Waals surface area contributed by atoms with Crippen molar-refractivity contribution in [2.75, 3.05) is 19.3 Å². The summed E-state index contributed by atoms with van der Waals surface area (Å²) in [6.07, 6.45) is -0.859. The fraction of sp³-hybridized carbons (Fsp3) is 0.364. The van der Waals surface area contributed by atoms with E-state index in [1.165, 1.54) is 4.90 Å². The van der Waals surface area contributed by atoms with Gasteiger partial charge in [-0.1, -0.05) is 18.2 Å². The summed E-state index contributed by atoms with van der Waals surface area (Å²) in [7, 11) is 3.15. The van der Waals surface area contributed by atoms with Crippen LogP contribution >= 0.6 is 0 Å². The van der Waals surface area contributed by atoms with E-state index in [-0.39, 0.29) is 17.9 Å². The first-order valence-corrected chi connectivity index (χ1v) is 9.57. The number of ether oxygens (including phenoxy) is 2. The number of para-hydroxylation sites is 1. The highest BCUT2D eigenvalue weighted by atomic mass is 16.7. The van der Waals surface area contributed by atoms with E-state index in [0.29, 0.717) is 11.5 Å². The molecule has 29 heavy (non-hydrogen) atoms.